The average Bonchev–Trinajstić information content (AvgIpc) is 2.92. The summed E-state index contributed by atoms with van der Waals surface area (Å²) in [5.74, 6) is -0.609. The van der Waals surface area contributed by atoms with Crippen LogP contribution in [0.2, 0.25) is 0 Å². The van der Waals surface area contributed by atoms with Crippen LogP contribution in [-0.2, 0) is 19.1 Å². The first-order valence-corrected chi connectivity index (χ1v) is 15.9. The Bertz CT molecular complexity index is 584. The molecule has 0 bridgehead atoms. The lowest BCUT2D eigenvalue weighted by Crippen LogP contribution is -2.28. The molecule has 222 valence electrons. The Morgan fingerprint density at radius 2 is 1.08 bits per heavy atom. The Hall–Kier alpha value is -1.62. The van der Waals surface area contributed by atoms with E-state index in [0.29, 0.717) is 12.8 Å². The van der Waals surface area contributed by atoms with Gasteiger partial charge in [0.05, 0.1) is 6.61 Å². The van der Waals surface area contributed by atoms with Gasteiger partial charge in [0.1, 0.15) is 6.61 Å². The summed E-state index contributed by atoms with van der Waals surface area (Å²) in [6, 6.07) is 0. The van der Waals surface area contributed by atoms with Crippen molar-refractivity contribution >= 4 is 11.9 Å². The summed E-state index contributed by atoms with van der Waals surface area (Å²) >= 11 is 0. The van der Waals surface area contributed by atoms with Crippen molar-refractivity contribution in [3.63, 3.8) is 0 Å². The third kappa shape index (κ3) is 27.4. The van der Waals surface area contributed by atoms with Gasteiger partial charge in [0.2, 0.25) is 0 Å². The van der Waals surface area contributed by atoms with Gasteiger partial charge in [0.15, 0.2) is 6.10 Å². The molecule has 5 nitrogen and oxygen atoms in total. The van der Waals surface area contributed by atoms with E-state index >= 15 is 0 Å². The maximum Gasteiger partial charge on any atom is 0.306 e. The van der Waals surface area contributed by atoms with Crippen molar-refractivity contribution in [3.05, 3.63) is 24.3 Å². The Balaban J connectivity index is 3.62. The number of unbranched alkanes of at least 4 members (excludes halogenated alkanes) is 16. The van der Waals surface area contributed by atoms with E-state index in [0.717, 1.165) is 51.4 Å². The van der Waals surface area contributed by atoms with Crippen LogP contribution in [0.4, 0.5) is 0 Å². The number of carbonyl (C=O) groups excluding carboxylic acids is 2. The molecule has 0 saturated carbocycles. The summed E-state index contributed by atoms with van der Waals surface area (Å²) in [5.41, 5.74) is 0. The summed E-state index contributed by atoms with van der Waals surface area (Å²) in [4.78, 5) is 24.0. The van der Waals surface area contributed by atoms with Crippen molar-refractivity contribution in [2.75, 3.05) is 13.2 Å². The molecule has 1 atom stereocenters. The van der Waals surface area contributed by atoms with Gasteiger partial charge >= 0.3 is 11.9 Å². The minimum atomic E-state index is -0.771. The molecule has 38 heavy (non-hydrogen) atoms. The highest BCUT2D eigenvalue weighted by Crippen LogP contribution is 2.12. The Morgan fingerprint density at radius 3 is 1.63 bits per heavy atom. The van der Waals surface area contributed by atoms with Crippen LogP contribution in [0, 0.1) is 0 Å². The second kappa shape index (κ2) is 29.9. The smallest absolute Gasteiger partial charge is 0.306 e. The fourth-order valence-corrected chi connectivity index (χ4v) is 4.27. The van der Waals surface area contributed by atoms with E-state index in [4.69, 9.17) is 9.47 Å². The first-order valence-electron chi connectivity index (χ1n) is 15.9. The number of rotatable bonds is 28. The maximum absolute atomic E-state index is 12.1. The molecule has 0 saturated heterocycles. The largest absolute Gasteiger partial charge is 0.462 e. The number of allylic oxidation sites excluding steroid dienone is 4. The van der Waals surface area contributed by atoms with Crippen LogP contribution in [0.5, 0.6) is 0 Å². The number of hydrogen-bond donors (Lipinski definition) is 1. The zero-order chi connectivity index (χ0) is 27.9. The van der Waals surface area contributed by atoms with Crippen LogP contribution in [0.15, 0.2) is 24.3 Å². The Labute approximate surface area is 234 Å². The molecule has 1 unspecified atom stereocenters. The summed E-state index contributed by atoms with van der Waals surface area (Å²) in [5, 5.41) is 9.47. The molecule has 0 rings (SSSR count). The van der Waals surface area contributed by atoms with E-state index in [2.05, 4.69) is 38.2 Å². The fraction of sp³-hybridized carbons (Fsp3) is 0.818. The highest BCUT2D eigenvalue weighted by atomic mass is 16.6. The third-order valence-corrected chi connectivity index (χ3v) is 6.75. The minimum Gasteiger partial charge on any atom is -0.462 e. The van der Waals surface area contributed by atoms with Crippen molar-refractivity contribution in [2.24, 2.45) is 0 Å². The fourth-order valence-electron chi connectivity index (χ4n) is 4.27. The predicted molar refractivity (Wildman–Crippen MR) is 159 cm³/mol. The van der Waals surface area contributed by atoms with Crippen molar-refractivity contribution in [1.29, 1.82) is 0 Å². The van der Waals surface area contributed by atoms with E-state index in [1.165, 1.54) is 77.0 Å². The number of carbonyl (C=O) groups is 2. The lowest BCUT2D eigenvalue weighted by Gasteiger charge is -2.15. The summed E-state index contributed by atoms with van der Waals surface area (Å²) < 4.78 is 10.5. The molecular weight excluding hydrogens is 476 g/mol. The zero-order valence-electron chi connectivity index (χ0n) is 24.9. The molecule has 0 spiro atoms. The molecule has 0 aliphatic rings. The first-order chi connectivity index (χ1) is 18.6. The van der Waals surface area contributed by atoms with Gasteiger partial charge in [0, 0.05) is 12.8 Å². The van der Waals surface area contributed by atoms with Gasteiger partial charge < -0.3 is 14.6 Å². The summed E-state index contributed by atoms with van der Waals surface area (Å²) in [7, 11) is 0. The van der Waals surface area contributed by atoms with Crippen molar-refractivity contribution in [3.8, 4) is 0 Å². The maximum atomic E-state index is 12.1. The molecule has 5 heteroatoms. The quantitative estimate of drug-likeness (QED) is 0.0613. The topological polar surface area (TPSA) is 72.8 Å². The minimum absolute atomic E-state index is 0.0686. The number of aliphatic hydroxyl groups excluding tert-OH is 1. The van der Waals surface area contributed by atoms with Gasteiger partial charge in [-0.15, -0.1) is 0 Å². The van der Waals surface area contributed by atoms with Gasteiger partial charge in [-0.1, -0.05) is 128 Å². The van der Waals surface area contributed by atoms with Gasteiger partial charge in [-0.25, -0.2) is 0 Å². The van der Waals surface area contributed by atoms with Crippen LogP contribution >= 0.6 is 0 Å². The first kappa shape index (κ1) is 36.4. The average molecular weight is 537 g/mol. The molecule has 0 aromatic rings. The number of ether oxygens (including phenoxy) is 2. The lowest BCUT2D eigenvalue weighted by atomic mass is 10.1. The molecule has 0 aliphatic carbocycles. The molecule has 0 fully saturated rings. The van der Waals surface area contributed by atoms with E-state index in [-0.39, 0.29) is 25.2 Å². The normalized spacial score (nSPS) is 12.4. The Kier molecular flexibility index (Phi) is 28.7. The number of esters is 2. The molecule has 0 aromatic heterocycles. The van der Waals surface area contributed by atoms with Gasteiger partial charge in [-0.2, -0.15) is 0 Å². The van der Waals surface area contributed by atoms with Gasteiger partial charge in [-0.3, -0.25) is 9.59 Å². The van der Waals surface area contributed by atoms with E-state index in [1.54, 1.807) is 0 Å². The van der Waals surface area contributed by atoms with Crippen LogP contribution in [-0.4, -0.2) is 36.4 Å². The highest BCUT2D eigenvalue weighted by molar-refractivity contribution is 5.70. The molecule has 0 radical (unpaired) electrons. The summed E-state index contributed by atoms with van der Waals surface area (Å²) in [6.45, 7) is 4.05. The molecule has 1 N–H and O–H groups in total. The van der Waals surface area contributed by atoms with Crippen molar-refractivity contribution < 1.29 is 24.2 Å². The predicted octanol–water partition coefficient (Wildman–Crippen LogP) is 9.17. The third-order valence-electron chi connectivity index (χ3n) is 6.75. The number of aliphatic hydroxyl groups is 1. The van der Waals surface area contributed by atoms with Crippen LogP contribution in [0.1, 0.15) is 155 Å². The Morgan fingerprint density at radius 1 is 0.605 bits per heavy atom. The lowest BCUT2D eigenvalue weighted by molar-refractivity contribution is -0.161. The van der Waals surface area contributed by atoms with E-state index in [9.17, 15) is 14.7 Å². The van der Waals surface area contributed by atoms with Crippen LogP contribution < -0.4 is 0 Å². The molecule has 0 aliphatic heterocycles. The van der Waals surface area contributed by atoms with E-state index in [1.807, 2.05) is 0 Å². The highest BCUT2D eigenvalue weighted by Gasteiger charge is 2.16. The van der Waals surface area contributed by atoms with Crippen LogP contribution in [0.3, 0.4) is 0 Å². The second-order valence-corrected chi connectivity index (χ2v) is 10.5. The van der Waals surface area contributed by atoms with Gasteiger partial charge in [0.25, 0.3) is 0 Å². The zero-order valence-corrected chi connectivity index (χ0v) is 24.9. The second-order valence-electron chi connectivity index (χ2n) is 10.5. The summed E-state index contributed by atoms with van der Waals surface area (Å²) in [6.07, 6.45) is 32.2. The van der Waals surface area contributed by atoms with E-state index < -0.39 is 6.10 Å². The number of hydrogen-bond acceptors (Lipinski definition) is 5. The molecule has 0 heterocycles. The van der Waals surface area contributed by atoms with Gasteiger partial charge in [-0.05, 0) is 38.5 Å². The van der Waals surface area contributed by atoms with Crippen LogP contribution in [0.25, 0.3) is 0 Å². The molecule has 0 amide bonds. The molecule has 0 aromatic carbocycles. The standard InChI is InChI=1S/C33H60O5/c1-3-5-7-9-11-13-15-16-17-18-20-22-24-26-28-33(36)38-31(29-34)30-37-32(35)27-25-23-21-19-14-12-10-8-6-4-2/h9,11,15-16,31,34H,3-8,10,12-14,17-30H2,1-2H3/b11-9-,16-15-. The van der Waals surface area contributed by atoms with Crippen molar-refractivity contribution in [1.82, 2.24) is 0 Å². The molecular formula is C33H60O5. The van der Waals surface area contributed by atoms with Crippen molar-refractivity contribution in [2.45, 2.75) is 161 Å². The monoisotopic (exact) mass is 536 g/mol. The SMILES string of the molecule is CCCC/C=C\C/C=C\CCCCCCCC(=O)OC(CO)COC(=O)CCCCCCCCCCCC.